The standard InChI is InChI=1S/C27H27F2N3O4/c1-4-30-15-21(23(35)10-7-18-5-8-19(34)9-6-18)27(36)20-13-22(28)26(24(29)25(20)30)31-11-12-32(17(3)33)16(2)14-31/h5-10,13,15-16,34H,4,11-12,14H2,1-3H3. The zero-order valence-corrected chi connectivity index (χ0v) is 20.3. The number of aromatic hydroxyl groups is 1. The molecule has 1 saturated heterocycles. The Hall–Kier alpha value is -4.01. The molecule has 1 unspecified atom stereocenters. The van der Waals surface area contributed by atoms with Crippen LogP contribution in [-0.2, 0) is 11.3 Å². The van der Waals surface area contributed by atoms with Gasteiger partial charge in [0.05, 0.1) is 16.5 Å². The van der Waals surface area contributed by atoms with E-state index in [1.165, 1.54) is 42.0 Å². The van der Waals surface area contributed by atoms with Gasteiger partial charge in [-0.2, -0.15) is 0 Å². The smallest absolute Gasteiger partial charge is 0.219 e. The fourth-order valence-corrected chi connectivity index (χ4v) is 4.67. The van der Waals surface area contributed by atoms with E-state index in [9.17, 15) is 19.5 Å². The number of anilines is 1. The van der Waals surface area contributed by atoms with E-state index in [0.717, 1.165) is 6.07 Å². The molecular weight excluding hydrogens is 468 g/mol. The molecule has 3 aromatic rings. The summed E-state index contributed by atoms with van der Waals surface area (Å²) in [5, 5.41) is 9.17. The molecule has 7 nitrogen and oxygen atoms in total. The number of halogens is 2. The Morgan fingerprint density at radius 2 is 1.86 bits per heavy atom. The molecule has 0 aliphatic carbocycles. The van der Waals surface area contributed by atoms with Gasteiger partial charge >= 0.3 is 0 Å². The largest absolute Gasteiger partial charge is 0.508 e. The highest BCUT2D eigenvalue weighted by atomic mass is 19.1. The number of aryl methyl sites for hydroxylation is 1. The molecule has 1 atom stereocenters. The molecule has 36 heavy (non-hydrogen) atoms. The molecule has 0 radical (unpaired) electrons. The Morgan fingerprint density at radius 3 is 2.47 bits per heavy atom. The van der Waals surface area contributed by atoms with Crippen molar-refractivity contribution in [2.45, 2.75) is 33.4 Å². The second-order valence-electron chi connectivity index (χ2n) is 8.87. The fraction of sp³-hybridized carbons (Fsp3) is 0.296. The van der Waals surface area contributed by atoms with E-state index in [0.29, 0.717) is 12.1 Å². The molecule has 188 valence electrons. The molecule has 1 N–H and O–H groups in total. The van der Waals surface area contributed by atoms with Gasteiger partial charge < -0.3 is 19.5 Å². The molecule has 1 amide bonds. The first-order chi connectivity index (χ1) is 17.1. The summed E-state index contributed by atoms with van der Waals surface area (Å²) >= 11 is 0. The van der Waals surface area contributed by atoms with E-state index in [4.69, 9.17) is 0 Å². The van der Waals surface area contributed by atoms with Crippen LogP contribution in [0.2, 0.25) is 0 Å². The van der Waals surface area contributed by atoms with E-state index in [1.807, 2.05) is 6.92 Å². The summed E-state index contributed by atoms with van der Waals surface area (Å²) in [6, 6.07) is 6.90. The number of aromatic nitrogens is 1. The quantitative estimate of drug-likeness (QED) is 0.428. The third kappa shape index (κ3) is 4.60. The summed E-state index contributed by atoms with van der Waals surface area (Å²) in [6.45, 7) is 6.08. The van der Waals surface area contributed by atoms with Crippen LogP contribution in [0.3, 0.4) is 0 Å². The number of nitrogens with zero attached hydrogens (tertiary/aromatic N) is 3. The lowest BCUT2D eigenvalue weighted by Gasteiger charge is -2.40. The minimum absolute atomic E-state index is 0.0698. The summed E-state index contributed by atoms with van der Waals surface area (Å²) in [6.07, 6.45) is 4.01. The van der Waals surface area contributed by atoms with E-state index in [2.05, 4.69) is 0 Å². The van der Waals surface area contributed by atoms with Crippen LogP contribution in [0.4, 0.5) is 14.5 Å². The molecule has 4 rings (SSSR count). The number of carbonyl (C=O) groups excluding carboxylic acids is 2. The Bertz CT molecular complexity index is 1430. The first-order valence-corrected chi connectivity index (χ1v) is 11.7. The lowest BCUT2D eigenvalue weighted by Crippen LogP contribution is -2.54. The monoisotopic (exact) mass is 495 g/mol. The van der Waals surface area contributed by atoms with Crippen molar-refractivity contribution in [2.75, 3.05) is 24.5 Å². The summed E-state index contributed by atoms with van der Waals surface area (Å²) in [5.74, 6) is -2.38. The zero-order chi connectivity index (χ0) is 26.1. The SMILES string of the molecule is CCn1cc(C(=O)C=Cc2ccc(O)cc2)c(=O)c2cc(F)c(N3CCN(C(C)=O)C(C)C3)c(F)c21. The number of amides is 1. The molecule has 1 aromatic heterocycles. The van der Waals surface area contributed by atoms with Gasteiger partial charge in [0, 0.05) is 45.3 Å². The highest BCUT2D eigenvalue weighted by molar-refractivity contribution is 6.08. The van der Waals surface area contributed by atoms with Crippen LogP contribution in [-0.4, -0.2) is 51.9 Å². The number of rotatable bonds is 5. The first kappa shape index (κ1) is 25.1. The topological polar surface area (TPSA) is 82.8 Å². The molecule has 1 aliphatic heterocycles. The molecule has 0 saturated carbocycles. The number of hydrogen-bond donors (Lipinski definition) is 1. The van der Waals surface area contributed by atoms with Crippen molar-refractivity contribution >= 4 is 34.4 Å². The Kier molecular flexibility index (Phi) is 6.92. The summed E-state index contributed by atoms with van der Waals surface area (Å²) < 4.78 is 32.5. The van der Waals surface area contributed by atoms with Crippen LogP contribution in [0.25, 0.3) is 17.0 Å². The number of benzene rings is 2. The molecule has 2 aromatic carbocycles. The van der Waals surface area contributed by atoms with Gasteiger partial charge in [0.2, 0.25) is 11.3 Å². The summed E-state index contributed by atoms with van der Waals surface area (Å²) in [4.78, 5) is 41.0. The third-order valence-corrected chi connectivity index (χ3v) is 6.50. The van der Waals surface area contributed by atoms with Crippen LogP contribution >= 0.6 is 0 Å². The third-order valence-electron chi connectivity index (χ3n) is 6.50. The van der Waals surface area contributed by atoms with E-state index in [-0.39, 0.29) is 59.5 Å². The number of ketones is 1. The predicted octanol–water partition coefficient (Wildman–Crippen LogP) is 3.96. The van der Waals surface area contributed by atoms with Crippen molar-refractivity contribution < 1.29 is 23.5 Å². The van der Waals surface area contributed by atoms with Crippen LogP contribution < -0.4 is 10.3 Å². The molecule has 0 spiro atoms. The lowest BCUT2D eigenvalue weighted by molar-refractivity contribution is -0.131. The first-order valence-electron chi connectivity index (χ1n) is 11.7. The Morgan fingerprint density at radius 1 is 1.17 bits per heavy atom. The fourth-order valence-electron chi connectivity index (χ4n) is 4.67. The summed E-state index contributed by atoms with van der Waals surface area (Å²) in [7, 11) is 0. The van der Waals surface area contributed by atoms with Crippen molar-refractivity contribution in [3.8, 4) is 5.75 Å². The summed E-state index contributed by atoms with van der Waals surface area (Å²) in [5.41, 5.74) is -0.632. The van der Waals surface area contributed by atoms with Gasteiger partial charge in [-0.25, -0.2) is 8.78 Å². The van der Waals surface area contributed by atoms with Crippen molar-refractivity contribution in [3.05, 3.63) is 75.6 Å². The lowest BCUT2D eigenvalue weighted by atomic mass is 10.0. The average Bonchev–Trinajstić information content (AvgIpc) is 2.84. The number of carbonyl (C=O) groups is 2. The highest BCUT2D eigenvalue weighted by Crippen LogP contribution is 2.31. The van der Waals surface area contributed by atoms with E-state index in [1.54, 1.807) is 28.9 Å². The Labute approximate surface area is 206 Å². The second-order valence-corrected chi connectivity index (χ2v) is 8.87. The van der Waals surface area contributed by atoms with Crippen LogP contribution in [0.5, 0.6) is 5.75 Å². The van der Waals surface area contributed by atoms with Crippen LogP contribution in [0.15, 0.2) is 47.4 Å². The second kappa shape index (κ2) is 9.93. The number of piperazine rings is 1. The maximum Gasteiger partial charge on any atom is 0.219 e. The number of phenolic OH excluding ortho intramolecular Hbond substituents is 1. The highest BCUT2D eigenvalue weighted by Gasteiger charge is 2.30. The predicted molar refractivity (Wildman–Crippen MR) is 134 cm³/mol. The van der Waals surface area contributed by atoms with E-state index < -0.39 is 22.8 Å². The van der Waals surface area contributed by atoms with Gasteiger partial charge in [-0.15, -0.1) is 0 Å². The van der Waals surface area contributed by atoms with Crippen LogP contribution in [0.1, 0.15) is 36.7 Å². The van der Waals surface area contributed by atoms with Gasteiger partial charge in [-0.05, 0) is 43.7 Å². The Balaban J connectivity index is 1.76. The van der Waals surface area contributed by atoms with Gasteiger partial charge in [0.15, 0.2) is 11.6 Å². The van der Waals surface area contributed by atoms with Gasteiger partial charge in [-0.3, -0.25) is 14.4 Å². The van der Waals surface area contributed by atoms with E-state index >= 15 is 8.78 Å². The minimum atomic E-state index is -0.896. The van der Waals surface area contributed by atoms with Crippen LogP contribution in [0, 0.1) is 11.6 Å². The normalized spacial score (nSPS) is 16.2. The molecule has 9 heteroatoms. The van der Waals surface area contributed by atoms with Crippen molar-refractivity contribution in [3.63, 3.8) is 0 Å². The van der Waals surface area contributed by atoms with Gasteiger partial charge in [-0.1, -0.05) is 18.2 Å². The minimum Gasteiger partial charge on any atom is -0.508 e. The van der Waals surface area contributed by atoms with Crippen molar-refractivity contribution in [1.29, 1.82) is 0 Å². The average molecular weight is 496 g/mol. The number of allylic oxidation sites excluding steroid dienone is 1. The molecular formula is C27H27F2N3O4. The number of pyridine rings is 1. The van der Waals surface area contributed by atoms with Gasteiger partial charge in [0.1, 0.15) is 17.3 Å². The number of hydrogen-bond acceptors (Lipinski definition) is 5. The molecule has 1 fully saturated rings. The van der Waals surface area contributed by atoms with Crippen molar-refractivity contribution in [1.82, 2.24) is 9.47 Å². The van der Waals surface area contributed by atoms with Gasteiger partial charge in [0.25, 0.3) is 0 Å². The number of phenols is 1. The maximum atomic E-state index is 15.8. The molecule has 0 bridgehead atoms. The van der Waals surface area contributed by atoms with Crippen molar-refractivity contribution in [2.24, 2.45) is 0 Å². The molecule has 2 heterocycles. The number of fused-ring (bicyclic) bond motifs is 1. The maximum absolute atomic E-state index is 15.8. The zero-order valence-electron chi connectivity index (χ0n) is 20.3. The molecule has 1 aliphatic rings.